The minimum Gasteiger partial charge on any atom is -0.471 e. The first-order valence-electron chi connectivity index (χ1n) is 19.4. The van der Waals surface area contributed by atoms with E-state index in [-0.39, 0.29) is 89.4 Å². The highest BCUT2D eigenvalue weighted by Gasteiger charge is 2.42. The van der Waals surface area contributed by atoms with Crippen LogP contribution in [-0.4, -0.2) is 85.7 Å². The molecule has 8 unspecified atom stereocenters. The van der Waals surface area contributed by atoms with Gasteiger partial charge in [-0.3, -0.25) is 9.59 Å². The van der Waals surface area contributed by atoms with Crippen molar-refractivity contribution in [1.82, 2.24) is 30.2 Å². The SMILES string of the molecule is C.Cc1cc(Cl)ccc1-c1c(C(=O)NC2CC2)nn2c1OCC(F)(F)C2.Cc1cc(Cl)ccc1B(O)O.O=C(NC1CC1)c1nn2c(c1Br)OCC(F)(F)C2.PP(P)P(P)P(P(P)P)P(P)P. The molecule has 2 fully saturated rings. The smallest absolute Gasteiger partial charge is 0.471 e. The van der Waals surface area contributed by atoms with E-state index < -0.39 is 45.3 Å². The van der Waals surface area contributed by atoms with Gasteiger partial charge in [0, 0.05) is 22.1 Å². The molecule has 2 aliphatic heterocycles. The van der Waals surface area contributed by atoms with Gasteiger partial charge >= 0.3 is 19.0 Å². The number of halogens is 7. The van der Waals surface area contributed by atoms with Gasteiger partial charge < -0.3 is 30.2 Å². The number of ether oxygens (including phenoxy) is 2. The highest BCUT2D eigenvalue weighted by molar-refractivity contribution is 9.21. The van der Waals surface area contributed by atoms with E-state index in [9.17, 15) is 27.2 Å². The van der Waals surface area contributed by atoms with Crippen molar-refractivity contribution in [2.45, 2.75) is 84.0 Å². The fraction of sp³-hybridized carbons (Fsp3) is 0.429. The second-order valence-electron chi connectivity index (χ2n) is 15.2. The number of amides is 2. The lowest BCUT2D eigenvalue weighted by Crippen LogP contribution is -2.36. The van der Waals surface area contributed by atoms with Crippen LogP contribution in [0.3, 0.4) is 0 Å². The van der Waals surface area contributed by atoms with Crippen molar-refractivity contribution in [3.05, 3.63) is 73.4 Å². The summed E-state index contributed by atoms with van der Waals surface area (Å²) in [5.74, 6) is -6.34. The fourth-order valence-electron chi connectivity index (χ4n) is 6.02. The Hall–Kier alpha value is 1.32. The number of alkyl halides is 4. The van der Waals surface area contributed by atoms with E-state index in [1.54, 1.807) is 43.3 Å². The lowest BCUT2D eigenvalue weighted by Gasteiger charge is -2.32. The van der Waals surface area contributed by atoms with E-state index >= 15 is 0 Å². The van der Waals surface area contributed by atoms with E-state index in [1.165, 1.54) is 0 Å². The van der Waals surface area contributed by atoms with Crippen LogP contribution in [-0.2, 0) is 13.1 Å². The van der Waals surface area contributed by atoms with Crippen molar-refractivity contribution in [1.29, 1.82) is 0 Å². The quantitative estimate of drug-likeness (QED) is 0.0696. The Morgan fingerprint density at radius 3 is 1.64 bits per heavy atom. The molecule has 8 atom stereocenters. The first kappa shape index (κ1) is 60.9. The number of nitrogens with one attached hydrogen (secondary N) is 2. The van der Waals surface area contributed by atoms with Gasteiger partial charge in [-0.1, -0.05) is 42.8 Å². The summed E-state index contributed by atoms with van der Waals surface area (Å²) in [6.07, 6.45) is 3.74. The summed E-state index contributed by atoms with van der Waals surface area (Å²) >= 11 is 14.8. The first-order chi connectivity index (χ1) is 30.8. The molecule has 2 aliphatic carbocycles. The van der Waals surface area contributed by atoms with Crippen molar-refractivity contribution in [2.24, 2.45) is 0 Å². The van der Waals surface area contributed by atoms with Crippen molar-refractivity contribution in [2.75, 3.05) is 13.2 Å². The average Bonchev–Trinajstić information content (AvgIpc) is 4.14. The Morgan fingerprint density at radius 1 is 0.761 bits per heavy atom. The molecule has 2 aromatic heterocycles. The molecule has 370 valence electrons. The number of carbonyl (C=O) groups excluding carboxylic acids is 2. The van der Waals surface area contributed by atoms with E-state index in [0.29, 0.717) is 31.1 Å². The molecule has 2 amide bonds. The topological polar surface area (TPSA) is 153 Å². The Kier molecular flexibility index (Phi) is 24.3. The van der Waals surface area contributed by atoms with Crippen LogP contribution in [0.25, 0.3) is 11.1 Å². The predicted octanol–water partition coefficient (Wildman–Crippen LogP) is 12.5. The number of carbonyl (C=O) groups is 2. The molecule has 8 rings (SSSR count). The van der Waals surface area contributed by atoms with Gasteiger partial charge in [-0.05, 0) is 137 Å². The molecule has 0 radical (unpaired) electrons. The molecule has 4 heterocycles. The number of rotatable bonds is 10. The number of nitrogens with zero attached hydrogens (tertiary/aromatic N) is 4. The van der Waals surface area contributed by atoms with Crippen LogP contribution in [0.1, 0.15) is 65.2 Å². The summed E-state index contributed by atoms with van der Waals surface area (Å²) in [6.45, 7) is 1.71. The molecule has 12 nitrogen and oxygen atoms in total. The van der Waals surface area contributed by atoms with Gasteiger partial charge in [-0.15, -0.1) is 62.5 Å². The molecule has 0 saturated heterocycles. The summed E-state index contributed by atoms with van der Waals surface area (Å²) in [6, 6.07) is 10.4. The first-order valence-corrected chi connectivity index (χ1v) is 41.8. The maximum Gasteiger partial charge on any atom is 0.488 e. The molecule has 4 N–H and O–H groups in total. The molecule has 0 spiro atoms. The molecule has 32 heteroatoms. The number of aryl methyl sites for hydroxylation is 2. The Balaban J connectivity index is 0.000000206. The van der Waals surface area contributed by atoms with Crippen LogP contribution in [0.4, 0.5) is 17.6 Å². The van der Waals surface area contributed by atoms with E-state index in [2.05, 4.69) is 99.3 Å². The summed E-state index contributed by atoms with van der Waals surface area (Å²) in [5, 5.41) is 32.4. The molecular weight excluding hydrogens is 1210 g/mol. The van der Waals surface area contributed by atoms with Crippen LogP contribution < -0.4 is 25.6 Å². The van der Waals surface area contributed by atoms with Crippen LogP contribution in [0.5, 0.6) is 11.8 Å². The third-order valence-corrected chi connectivity index (χ3v) is 77.2. The van der Waals surface area contributed by atoms with E-state index in [4.69, 9.17) is 42.7 Å². The lowest BCUT2D eigenvalue weighted by molar-refractivity contribution is -0.0799. The van der Waals surface area contributed by atoms with Crippen LogP contribution in [0, 0.1) is 13.8 Å². The minimum absolute atomic E-state index is 0. The maximum atomic E-state index is 13.7. The average molecular weight is 1260 g/mol. The van der Waals surface area contributed by atoms with Crippen molar-refractivity contribution in [3.8, 4) is 22.9 Å². The molecule has 2 aromatic carbocycles. The molecule has 4 aromatic rings. The van der Waals surface area contributed by atoms with Gasteiger partial charge in [0.1, 0.15) is 17.6 Å². The summed E-state index contributed by atoms with van der Waals surface area (Å²) < 4.78 is 66.3. The van der Waals surface area contributed by atoms with E-state index in [1.807, 2.05) is 6.92 Å². The zero-order valence-electron chi connectivity index (χ0n) is 35.1. The van der Waals surface area contributed by atoms with Gasteiger partial charge in [0.15, 0.2) is 24.6 Å². The van der Waals surface area contributed by atoms with Crippen molar-refractivity contribution in [3.63, 3.8) is 0 Å². The Morgan fingerprint density at radius 2 is 1.21 bits per heavy atom. The van der Waals surface area contributed by atoms with Gasteiger partial charge in [0.05, 0.1) is 5.56 Å². The molecule has 0 bridgehead atoms. The van der Waals surface area contributed by atoms with Crippen LogP contribution in [0.2, 0.25) is 10.0 Å². The largest absolute Gasteiger partial charge is 0.488 e. The summed E-state index contributed by atoms with van der Waals surface area (Å²) in [5.41, 5.74) is 3.41. The summed E-state index contributed by atoms with van der Waals surface area (Å²) in [7, 11) is 19.6. The van der Waals surface area contributed by atoms with E-state index in [0.717, 1.165) is 46.2 Å². The van der Waals surface area contributed by atoms with Crippen molar-refractivity contribution >= 4 is 161 Å². The zero-order chi connectivity index (χ0) is 49.0. The number of fused-ring (bicyclic) bond motifs is 2. The lowest BCUT2D eigenvalue weighted by atomic mass is 9.77. The summed E-state index contributed by atoms with van der Waals surface area (Å²) in [4.78, 5) is 24.4. The second-order valence-corrected chi connectivity index (χ2v) is 61.8. The zero-order valence-corrected chi connectivity index (χ0v) is 50.7. The molecule has 67 heavy (non-hydrogen) atoms. The molecule has 4 aliphatic rings. The van der Waals surface area contributed by atoms with Gasteiger partial charge in [0.25, 0.3) is 11.8 Å². The molecular formula is C35H52BBrCl2F4N6O6P12. The highest BCUT2D eigenvalue weighted by Crippen LogP contribution is 3.16. The third kappa shape index (κ3) is 17.7. The Labute approximate surface area is 428 Å². The predicted molar refractivity (Wildman–Crippen MR) is 305 cm³/mol. The van der Waals surface area contributed by atoms with Gasteiger partial charge in [-0.25, -0.2) is 26.9 Å². The van der Waals surface area contributed by atoms with Gasteiger partial charge in [-0.2, -0.15) is 10.2 Å². The van der Waals surface area contributed by atoms with Crippen molar-refractivity contribution < 1.29 is 46.7 Å². The van der Waals surface area contributed by atoms with Crippen LogP contribution in [0.15, 0.2) is 40.9 Å². The maximum absolute atomic E-state index is 13.7. The number of benzene rings is 2. The normalized spacial score (nSPS) is 16.9. The molecule has 2 saturated carbocycles. The fourth-order valence-corrected chi connectivity index (χ4v) is 109. The third-order valence-electron chi connectivity index (χ3n) is 9.42. The second kappa shape index (κ2) is 26.7. The number of aromatic nitrogens is 4. The highest BCUT2D eigenvalue weighted by atomic mass is 79.9. The number of hydrogen-bond donors (Lipinski definition) is 4. The Bertz CT molecular complexity index is 2370. The minimum atomic E-state index is -3.02. The van der Waals surface area contributed by atoms with Gasteiger partial charge in [0.2, 0.25) is 11.8 Å². The standard InChI is InChI=1S/C17H16ClF2N3O2.C10H10BrF2N3O2.C7H8BClO2.CH4.H14P12/c1-9-6-10(18)2-5-12(9)13-14(15(24)21-11-3-4-11)22-23-7-17(19,20)8-25-16(13)23;11-6-7(8(17)14-5-1-2-5)15-16-3-10(12,13)4-18-9(6)16;1-5-4-6(9)2-3-7(5)8(10)11;;1-8(2)11(7)12(9(3)4)10(5)6/h2,5-6,11H,3-4,7-8H2,1H3,(H,21,24);5H,1-4H2,(H,14,17);2-4,10-11H,1H3;1H4;1-7H2. The van der Waals surface area contributed by atoms with Crippen LogP contribution >= 0.6 is 137 Å². The number of hydrogen-bond acceptors (Lipinski definition) is 8. The monoisotopic (exact) mass is 1260 g/mol.